The first-order valence-corrected chi connectivity index (χ1v) is 4.58. The number of aryl methyl sites for hydroxylation is 1. The van der Waals surface area contributed by atoms with Crippen LogP contribution in [0.1, 0.15) is 12.1 Å². The molecule has 3 amide bonds. The summed E-state index contributed by atoms with van der Waals surface area (Å²) >= 11 is 0. The second-order valence-corrected chi connectivity index (χ2v) is 3.29. The second-order valence-electron chi connectivity index (χ2n) is 3.29. The van der Waals surface area contributed by atoms with Crippen LogP contribution in [-0.2, 0) is 4.79 Å². The Morgan fingerprint density at radius 1 is 1.33 bits per heavy atom. The highest BCUT2D eigenvalue weighted by molar-refractivity contribution is 6.05. The zero-order chi connectivity index (χ0) is 10.8. The predicted molar refractivity (Wildman–Crippen MR) is 52.3 cm³/mol. The van der Waals surface area contributed by atoms with Crippen molar-refractivity contribution in [3.05, 3.63) is 17.8 Å². The Balaban J connectivity index is 2.20. The van der Waals surface area contributed by atoms with Gasteiger partial charge in [0, 0.05) is 13.0 Å². The van der Waals surface area contributed by atoms with Crippen molar-refractivity contribution < 1.29 is 9.59 Å². The third kappa shape index (κ3) is 1.93. The fourth-order valence-electron chi connectivity index (χ4n) is 1.32. The third-order valence-corrected chi connectivity index (χ3v) is 2.11. The van der Waals surface area contributed by atoms with Crippen LogP contribution >= 0.6 is 0 Å². The van der Waals surface area contributed by atoms with E-state index >= 15 is 0 Å². The van der Waals surface area contributed by atoms with Crippen LogP contribution in [0.5, 0.6) is 0 Å². The van der Waals surface area contributed by atoms with Gasteiger partial charge in [-0.05, 0) is 19.1 Å². The van der Waals surface area contributed by atoms with Crippen molar-refractivity contribution >= 4 is 17.8 Å². The lowest BCUT2D eigenvalue weighted by molar-refractivity contribution is -0.120. The molecule has 2 heterocycles. The molecule has 1 aliphatic heterocycles. The molecule has 6 heteroatoms. The SMILES string of the molecule is Cc1ccc(N2CCC(=O)NC2=O)nn1. The van der Waals surface area contributed by atoms with E-state index in [0.29, 0.717) is 18.8 Å². The van der Waals surface area contributed by atoms with Gasteiger partial charge in [-0.2, -0.15) is 5.10 Å². The fourth-order valence-corrected chi connectivity index (χ4v) is 1.32. The van der Waals surface area contributed by atoms with Crippen molar-refractivity contribution in [2.45, 2.75) is 13.3 Å². The zero-order valence-corrected chi connectivity index (χ0v) is 8.23. The van der Waals surface area contributed by atoms with Crippen molar-refractivity contribution in [2.24, 2.45) is 0 Å². The Morgan fingerprint density at radius 3 is 2.73 bits per heavy atom. The predicted octanol–water partition coefficient (Wildman–Crippen LogP) is 0.231. The van der Waals surface area contributed by atoms with Gasteiger partial charge in [0.15, 0.2) is 5.82 Å². The molecule has 0 aliphatic carbocycles. The number of nitrogens with one attached hydrogen (secondary N) is 1. The first-order valence-electron chi connectivity index (χ1n) is 4.58. The Bertz CT molecular complexity index is 401. The Morgan fingerprint density at radius 2 is 2.13 bits per heavy atom. The van der Waals surface area contributed by atoms with Crippen molar-refractivity contribution in [2.75, 3.05) is 11.4 Å². The summed E-state index contributed by atoms with van der Waals surface area (Å²) in [6.07, 6.45) is 0.293. The van der Waals surface area contributed by atoms with E-state index in [1.54, 1.807) is 12.1 Å². The lowest BCUT2D eigenvalue weighted by Crippen LogP contribution is -2.49. The van der Waals surface area contributed by atoms with Crippen LogP contribution in [0.4, 0.5) is 10.6 Å². The molecule has 78 valence electrons. The largest absolute Gasteiger partial charge is 0.329 e. The molecule has 0 spiro atoms. The number of nitrogens with zero attached hydrogens (tertiary/aromatic N) is 3. The molecule has 1 aliphatic rings. The first-order chi connectivity index (χ1) is 7.16. The third-order valence-electron chi connectivity index (χ3n) is 2.11. The summed E-state index contributed by atoms with van der Waals surface area (Å²) in [6.45, 7) is 2.17. The number of aromatic nitrogens is 2. The van der Waals surface area contributed by atoms with Crippen LogP contribution in [0.15, 0.2) is 12.1 Å². The van der Waals surface area contributed by atoms with E-state index in [1.807, 2.05) is 6.92 Å². The molecule has 1 N–H and O–H groups in total. The smallest absolute Gasteiger partial charge is 0.278 e. The van der Waals surface area contributed by atoms with Gasteiger partial charge in [-0.15, -0.1) is 5.10 Å². The Kier molecular flexibility index (Phi) is 2.32. The van der Waals surface area contributed by atoms with E-state index < -0.39 is 6.03 Å². The Hall–Kier alpha value is -1.98. The summed E-state index contributed by atoms with van der Waals surface area (Å²) in [5.74, 6) is 0.210. The van der Waals surface area contributed by atoms with E-state index in [9.17, 15) is 9.59 Å². The van der Waals surface area contributed by atoms with Crippen LogP contribution in [0.3, 0.4) is 0 Å². The van der Waals surface area contributed by atoms with Crippen LogP contribution < -0.4 is 10.2 Å². The molecule has 2 rings (SSSR count). The minimum Gasteiger partial charge on any atom is -0.278 e. The molecule has 1 fully saturated rings. The molecule has 1 aromatic heterocycles. The van der Waals surface area contributed by atoms with Crippen molar-refractivity contribution in [3.63, 3.8) is 0 Å². The van der Waals surface area contributed by atoms with E-state index in [4.69, 9.17) is 0 Å². The van der Waals surface area contributed by atoms with Crippen molar-refractivity contribution in [3.8, 4) is 0 Å². The van der Waals surface area contributed by atoms with Crippen molar-refractivity contribution in [1.82, 2.24) is 15.5 Å². The minimum atomic E-state index is -0.440. The number of anilines is 1. The van der Waals surface area contributed by atoms with Gasteiger partial charge in [-0.25, -0.2) is 4.79 Å². The summed E-state index contributed by atoms with van der Waals surface area (Å²) in [5.41, 5.74) is 0.784. The molecule has 1 saturated heterocycles. The van der Waals surface area contributed by atoms with E-state index in [1.165, 1.54) is 4.90 Å². The molecule has 0 atom stereocenters. The lowest BCUT2D eigenvalue weighted by atomic mass is 10.3. The van der Waals surface area contributed by atoms with Crippen LogP contribution in [0.25, 0.3) is 0 Å². The summed E-state index contributed by atoms with van der Waals surface area (Å²) < 4.78 is 0. The molecule has 0 aromatic carbocycles. The average molecular weight is 206 g/mol. The Labute approximate surface area is 86.3 Å². The molecule has 1 aromatic rings. The number of amides is 3. The number of imide groups is 1. The molecule has 15 heavy (non-hydrogen) atoms. The highest BCUT2D eigenvalue weighted by Crippen LogP contribution is 2.12. The second kappa shape index (κ2) is 3.64. The van der Waals surface area contributed by atoms with E-state index in [0.717, 1.165) is 5.69 Å². The molecule has 0 bridgehead atoms. The van der Waals surface area contributed by atoms with E-state index in [2.05, 4.69) is 15.5 Å². The van der Waals surface area contributed by atoms with Crippen LogP contribution in [0, 0.1) is 6.92 Å². The van der Waals surface area contributed by atoms with Gasteiger partial charge in [0.05, 0.1) is 5.69 Å². The summed E-state index contributed by atoms with van der Waals surface area (Å²) in [5, 5.41) is 9.96. The molecule has 0 radical (unpaired) electrons. The van der Waals surface area contributed by atoms with Gasteiger partial charge in [0.2, 0.25) is 5.91 Å². The molecule has 0 saturated carbocycles. The van der Waals surface area contributed by atoms with Gasteiger partial charge in [-0.1, -0.05) is 0 Å². The molecular formula is C9H10N4O2. The monoisotopic (exact) mass is 206 g/mol. The van der Waals surface area contributed by atoms with Gasteiger partial charge in [0.1, 0.15) is 0 Å². The van der Waals surface area contributed by atoms with Gasteiger partial charge < -0.3 is 0 Å². The maximum Gasteiger partial charge on any atom is 0.329 e. The number of carbonyl (C=O) groups excluding carboxylic acids is 2. The van der Waals surface area contributed by atoms with Gasteiger partial charge in [0.25, 0.3) is 0 Å². The minimum absolute atomic E-state index is 0.253. The normalized spacial score (nSPS) is 16.5. The topological polar surface area (TPSA) is 75.2 Å². The maximum atomic E-state index is 11.4. The maximum absolute atomic E-state index is 11.4. The molecular weight excluding hydrogens is 196 g/mol. The fraction of sp³-hybridized carbons (Fsp3) is 0.333. The number of carbonyl (C=O) groups is 2. The number of urea groups is 1. The van der Waals surface area contributed by atoms with Gasteiger partial charge in [-0.3, -0.25) is 15.0 Å². The zero-order valence-electron chi connectivity index (χ0n) is 8.23. The number of hydrogen-bond acceptors (Lipinski definition) is 4. The highest BCUT2D eigenvalue weighted by Gasteiger charge is 2.24. The van der Waals surface area contributed by atoms with E-state index in [-0.39, 0.29) is 5.91 Å². The lowest BCUT2D eigenvalue weighted by Gasteiger charge is -2.24. The molecule has 0 unspecified atom stereocenters. The first kappa shape index (κ1) is 9.57. The summed E-state index contributed by atoms with van der Waals surface area (Å²) in [7, 11) is 0. The van der Waals surface area contributed by atoms with Crippen LogP contribution in [0.2, 0.25) is 0 Å². The quantitative estimate of drug-likeness (QED) is 0.713. The molecule has 6 nitrogen and oxygen atoms in total. The highest BCUT2D eigenvalue weighted by atomic mass is 16.2. The summed E-state index contributed by atoms with van der Waals surface area (Å²) in [4.78, 5) is 23.7. The standard InChI is InChI=1S/C9H10N4O2/c1-6-2-3-7(12-11-6)13-5-4-8(14)10-9(13)15/h2-3H,4-5H2,1H3,(H,10,14,15). The summed E-state index contributed by atoms with van der Waals surface area (Å²) in [6, 6.07) is 3.04. The van der Waals surface area contributed by atoms with Crippen molar-refractivity contribution in [1.29, 1.82) is 0 Å². The number of hydrogen-bond donors (Lipinski definition) is 1. The van der Waals surface area contributed by atoms with Gasteiger partial charge >= 0.3 is 6.03 Å². The van der Waals surface area contributed by atoms with Crippen LogP contribution in [-0.4, -0.2) is 28.7 Å². The number of rotatable bonds is 1. The average Bonchev–Trinajstić information content (AvgIpc) is 2.20.